The van der Waals surface area contributed by atoms with Gasteiger partial charge in [-0.25, -0.2) is 4.39 Å². The molecular weight excluding hydrogens is 269 g/mol. The quantitative estimate of drug-likeness (QED) is 0.766. The predicted molar refractivity (Wildman–Crippen MR) is 78.8 cm³/mol. The molecule has 0 amide bonds. The van der Waals surface area contributed by atoms with E-state index in [-0.39, 0.29) is 12.0 Å². The molecule has 1 heterocycles. The van der Waals surface area contributed by atoms with E-state index in [2.05, 4.69) is 4.98 Å². The summed E-state index contributed by atoms with van der Waals surface area (Å²) in [5, 5.41) is 10.4. The van der Waals surface area contributed by atoms with Crippen molar-refractivity contribution in [1.29, 1.82) is 0 Å². The number of aliphatic carboxylic acids is 1. The number of H-pyrrole nitrogens is 1. The number of halogens is 1. The first kappa shape index (κ1) is 13.4. The van der Waals surface area contributed by atoms with Crippen LogP contribution in [0.1, 0.15) is 17.0 Å². The van der Waals surface area contributed by atoms with Crippen LogP contribution in [-0.2, 0) is 11.2 Å². The maximum Gasteiger partial charge on any atom is 0.311 e. The predicted octanol–water partition coefficient (Wildman–Crippen LogP) is 3.72. The topological polar surface area (TPSA) is 53.1 Å². The highest BCUT2D eigenvalue weighted by Gasteiger charge is 2.24. The summed E-state index contributed by atoms with van der Waals surface area (Å²) in [6, 6.07) is 13.7. The molecule has 1 atom stereocenters. The standard InChI is InChI=1S/C17H14FNO2/c18-15-7-3-1-6-13(15)14(17(20)21)9-11-10-19-16-8-4-2-5-12(11)16/h1-8,10,14,19H,9H2,(H,20,21)/t14-/m0/s1. The van der Waals surface area contributed by atoms with Gasteiger partial charge in [0.25, 0.3) is 0 Å². The first-order valence-corrected chi connectivity index (χ1v) is 6.69. The average Bonchev–Trinajstić information content (AvgIpc) is 2.89. The Morgan fingerprint density at radius 1 is 1.14 bits per heavy atom. The van der Waals surface area contributed by atoms with Crippen molar-refractivity contribution < 1.29 is 14.3 Å². The van der Waals surface area contributed by atoms with Gasteiger partial charge in [-0.05, 0) is 24.1 Å². The Morgan fingerprint density at radius 2 is 1.86 bits per heavy atom. The third-order valence-electron chi connectivity index (χ3n) is 3.68. The molecule has 0 fully saturated rings. The zero-order chi connectivity index (χ0) is 14.8. The van der Waals surface area contributed by atoms with E-state index in [1.165, 1.54) is 12.1 Å². The molecular formula is C17H14FNO2. The number of aromatic amines is 1. The first-order chi connectivity index (χ1) is 10.2. The summed E-state index contributed by atoms with van der Waals surface area (Å²) in [5.74, 6) is -2.40. The van der Waals surface area contributed by atoms with Crippen molar-refractivity contribution in [3.05, 3.63) is 71.7 Å². The highest BCUT2D eigenvalue weighted by Crippen LogP contribution is 2.27. The number of benzene rings is 2. The van der Waals surface area contributed by atoms with Crippen molar-refractivity contribution in [2.75, 3.05) is 0 Å². The first-order valence-electron chi connectivity index (χ1n) is 6.69. The fourth-order valence-electron chi connectivity index (χ4n) is 2.61. The maximum absolute atomic E-state index is 13.9. The number of hydrogen-bond acceptors (Lipinski definition) is 1. The number of rotatable bonds is 4. The molecule has 0 spiro atoms. The van der Waals surface area contributed by atoms with Gasteiger partial charge in [0.15, 0.2) is 0 Å². The van der Waals surface area contributed by atoms with Crippen molar-refractivity contribution in [3.63, 3.8) is 0 Å². The van der Waals surface area contributed by atoms with Crippen LogP contribution >= 0.6 is 0 Å². The summed E-state index contributed by atoms with van der Waals surface area (Å²) >= 11 is 0. The van der Waals surface area contributed by atoms with Crippen LogP contribution in [0.2, 0.25) is 0 Å². The Morgan fingerprint density at radius 3 is 2.62 bits per heavy atom. The molecule has 0 aliphatic heterocycles. The van der Waals surface area contributed by atoms with Crippen molar-refractivity contribution in [2.24, 2.45) is 0 Å². The summed E-state index contributed by atoms with van der Waals surface area (Å²) in [6.07, 6.45) is 2.04. The minimum absolute atomic E-state index is 0.218. The number of para-hydroxylation sites is 1. The third-order valence-corrected chi connectivity index (χ3v) is 3.68. The highest BCUT2D eigenvalue weighted by molar-refractivity contribution is 5.84. The van der Waals surface area contributed by atoms with Gasteiger partial charge in [0, 0.05) is 22.7 Å². The van der Waals surface area contributed by atoms with E-state index in [1.54, 1.807) is 18.3 Å². The van der Waals surface area contributed by atoms with Gasteiger partial charge in [0.05, 0.1) is 5.92 Å². The van der Waals surface area contributed by atoms with Crippen molar-refractivity contribution in [1.82, 2.24) is 4.98 Å². The fraction of sp³-hybridized carbons (Fsp3) is 0.118. The second-order valence-corrected chi connectivity index (χ2v) is 4.98. The molecule has 1 aromatic heterocycles. The Hall–Kier alpha value is -2.62. The van der Waals surface area contributed by atoms with Gasteiger partial charge in [0.2, 0.25) is 0 Å². The summed E-state index contributed by atoms with van der Waals surface area (Å²) < 4.78 is 13.9. The Kier molecular flexibility index (Phi) is 3.44. The summed E-state index contributed by atoms with van der Waals surface area (Å²) in [5.41, 5.74) is 2.04. The molecule has 106 valence electrons. The molecule has 21 heavy (non-hydrogen) atoms. The summed E-state index contributed by atoms with van der Waals surface area (Å²) in [7, 11) is 0. The normalized spacial score (nSPS) is 12.4. The lowest BCUT2D eigenvalue weighted by Gasteiger charge is -2.13. The van der Waals surface area contributed by atoms with Crippen LogP contribution in [-0.4, -0.2) is 16.1 Å². The number of hydrogen-bond donors (Lipinski definition) is 2. The van der Waals surface area contributed by atoms with Crippen LogP contribution in [0.25, 0.3) is 10.9 Å². The molecule has 3 aromatic rings. The zero-order valence-corrected chi connectivity index (χ0v) is 11.2. The van der Waals surface area contributed by atoms with Crippen molar-refractivity contribution >= 4 is 16.9 Å². The molecule has 0 bridgehead atoms. The van der Waals surface area contributed by atoms with Gasteiger partial charge in [-0.3, -0.25) is 4.79 Å². The molecule has 3 rings (SSSR count). The van der Waals surface area contributed by atoms with Crippen LogP contribution < -0.4 is 0 Å². The average molecular weight is 283 g/mol. The van der Waals surface area contributed by atoms with Gasteiger partial charge in [-0.2, -0.15) is 0 Å². The monoisotopic (exact) mass is 283 g/mol. The molecule has 0 unspecified atom stereocenters. The fourth-order valence-corrected chi connectivity index (χ4v) is 2.61. The number of aromatic nitrogens is 1. The highest BCUT2D eigenvalue weighted by atomic mass is 19.1. The summed E-state index contributed by atoms with van der Waals surface area (Å²) in [4.78, 5) is 14.6. The van der Waals surface area contributed by atoms with Crippen LogP contribution in [0.4, 0.5) is 4.39 Å². The molecule has 4 heteroatoms. The third kappa shape index (κ3) is 2.52. The van der Waals surface area contributed by atoms with Crippen molar-refractivity contribution in [2.45, 2.75) is 12.3 Å². The minimum Gasteiger partial charge on any atom is -0.481 e. The molecule has 0 saturated heterocycles. The largest absolute Gasteiger partial charge is 0.481 e. The smallest absolute Gasteiger partial charge is 0.311 e. The minimum atomic E-state index is -1.02. The van der Waals surface area contributed by atoms with Crippen LogP contribution in [0.3, 0.4) is 0 Å². The summed E-state index contributed by atoms with van der Waals surface area (Å²) in [6.45, 7) is 0. The molecule has 2 N–H and O–H groups in total. The van der Waals surface area contributed by atoms with Crippen LogP contribution in [0.15, 0.2) is 54.7 Å². The molecule has 0 saturated carbocycles. The number of carbonyl (C=O) groups is 1. The number of carboxylic acid groups (broad SMARTS) is 1. The van der Waals surface area contributed by atoms with Crippen LogP contribution in [0, 0.1) is 5.82 Å². The van der Waals surface area contributed by atoms with Gasteiger partial charge >= 0.3 is 5.97 Å². The van der Waals surface area contributed by atoms with Gasteiger partial charge in [-0.15, -0.1) is 0 Å². The van der Waals surface area contributed by atoms with Gasteiger partial charge < -0.3 is 10.1 Å². The van der Waals surface area contributed by atoms with E-state index >= 15 is 0 Å². The van der Waals surface area contributed by atoms with Crippen molar-refractivity contribution in [3.8, 4) is 0 Å². The van der Waals surface area contributed by atoms with Crippen LogP contribution in [0.5, 0.6) is 0 Å². The van der Waals surface area contributed by atoms with Gasteiger partial charge in [-0.1, -0.05) is 36.4 Å². The SMILES string of the molecule is O=C(O)[C@@H](Cc1c[nH]c2ccccc12)c1ccccc1F. The molecule has 3 nitrogen and oxygen atoms in total. The second kappa shape index (κ2) is 5.40. The number of nitrogens with one attached hydrogen (secondary N) is 1. The Balaban J connectivity index is 2.00. The van der Waals surface area contributed by atoms with E-state index in [0.29, 0.717) is 0 Å². The Bertz CT molecular complexity index is 794. The van der Waals surface area contributed by atoms with E-state index < -0.39 is 17.7 Å². The van der Waals surface area contributed by atoms with Gasteiger partial charge in [0.1, 0.15) is 5.82 Å². The second-order valence-electron chi connectivity index (χ2n) is 4.98. The molecule has 0 radical (unpaired) electrons. The lowest BCUT2D eigenvalue weighted by molar-refractivity contribution is -0.138. The molecule has 0 aliphatic rings. The number of carboxylic acids is 1. The molecule has 0 aliphatic carbocycles. The lowest BCUT2D eigenvalue weighted by atomic mass is 9.91. The van der Waals surface area contributed by atoms with E-state index in [0.717, 1.165) is 16.5 Å². The zero-order valence-electron chi connectivity index (χ0n) is 11.2. The number of fused-ring (bicyclic) bond motifs is 1. The molecule has 2 aromatic carbocycles. The van der Waals surface area contributed by atoms with E-state index in [1.807, 2.05) is 24.3 Å². The van der Waals surface area contributed by atoms with E-state index in [4.69, 9.17) is 0 Å². The lowest BCUT2D eigenvalue weighted by Crippen LogP contribution is -2.15. The Labute approximate surface area is 121 Å². The maximum atomic E-state index is 13.9. The van der Waals surface area contributed by atoms with E-state index in [9.17, 15) is 14.3 Å².